The number of aromatic nitrogens is 2. The van der Waals surface area contributed by atoms with Crippen molar-refractivity contribution in [2.24, 2.45) is 0 Å². The highest BCUT2D eigenvalue weighted by Crippen LogP contribution is 2.42. The molecule has 5 nitrogen and oxygen atoms in total. The van der Waals surface area contributed by atoms with E-state index in [-0.39, 0.29) is 6.42 Å². The predicted octanol–water partition coefficient (Wildman–Crippen LogP) is 2.35. The predicted molar refractivity (Wildman–Crippen MR) is 69.9 cm³/mol. The van der Waals surface area contributed by atoms with Crippen LogP contribution < -0.4 is 0 Å². The van der Waals surface area contributed by atoms with Gasteiger partial charge in [-0.25, -0.2) is 4.98 Å². The summed E-state index contributed by atoms with van der Waals surface area (Å²) >= 11 is 0. The fraction of sp³-hybridized carbons (Fsp3) is 0.429. The number of carboxylic acid groups (broad SMARTS) is 1. The Balaban J connectivity index is 1.94. The van der Waals surface area contributed by atoms with E-state index in [1.165, 1.54) is 0 Å². The monoisotopic (exact) mass is 260 g/mol. The first-order chi connectivity index (χ1) is 9.09. The summed E-state index contributed by atoms with van der Waals surface area (Å²) in [6.07, 6.45) is 1.51. The lowest BCUT2D eigenvalue weighted by molar-refractivity contribution is -0.165. The molecular weight excluding hydrogens is 244 g/mol. The van der Waals surface area contributed by atoms with Crippen LogP contribution in [-0.2, 0) is 15.1 Å². The van der Waals surface area contributed by atoms with E-state index in [0.717, 1.165) is 28.8 Å². The number of fused-ring (bicyclic) bond motifs is 1. The lowest BCUT2D eigenvalue weighted by Gasteiger charge is -2.42. The smallest absolute Gasteiger partial charge is 0.303 e. The summed E-state index contributed by atoms with van der Waals surface area (Å²) in [6, 6.07) is 5.97. The number of aromatic amines is 1. The number of hydrogen-bond acceptors (Lipinski definition) is 3. The van der Waals surface area contributed by atoms with Crippen LogP contribution in [0.4, 0.5) is 0 Å². The zero-order chi connectivity index (χ0) is 13.5. The largest absolute Gasteiger partial charge is 0.481 e. The second kappa shape index (κ2) is 4.35. The number of H-pyrrole nitrogens is 1. The van der Waals surface area contributed by atoms with E-state index in [4.69, 9.17) is 9.84 Å². The standard InChI is InChI=1S/C14H16N2O3/c1-9-15-11-3-2-10(8-12(11)16-9)14(6-7-19-14)5-4-13(17)18/h2-3,8H,4-7H2,1H3,(H,15,16)(H,17,18). The molecule has 0 radical (unpaired) electrons. The van der Waals surface area contributed by atoms with Crippen molar-refractivity contribution in [2.45, 2.75) is 31.8 Å². The van der Waals surface area contributed by atoms with Crippen molar-refractivity contribution < 1.29 is 14.6 Å². The van der Waals surface area contributed by atoms with Gasteiger partial charge in [-0.05, 0) is 31.0 Å². The average Bonchev–Trinajstić information content (AvgIpc) is 2.66. The molecule has 2 N–H and O–H groups in total. The molecule has 0 saturated carbocycles. The van der Waals surface area contributed by atoms with Gasteiger partial charge in [-0.1, -0.05) is 6.07 Å². The SMILES string of the molecule is Cc1nc2ccc(C3(CCC(=O)O)CCO3)cc2[nH]1. The Morgan fingerprint density at radius 3 is 3.00 bits per heavy atom. The zero-order valence-corrected chi connectivity index (χ0v) is 10.8. The first-order valence-corrected chi connectivity index (χ1v) is 6.42. The van der Waals surface area contributed by atoms with Crippen LogP contribution in [0.2, 0.25) is 0 Å². The van der Waals surface area contributed by atoms with Gasteiger partial charge in [-0.15, -0.1) is 0 Å². The quantitative estimate of drug-likeness (QED) is 0.884. The molecule has 19 heavy (non-hydrogen) atoms. The summed E-state index contributed by atoms with van der Waals surface area (Å²) < 4.78 is 5.71. The number of aliphatic carboxylic acids is 1. The lowest BCUT2D eigenvalue weighted by atomic mass is 9.82. The topological polar surface area (TPSA) is 75.2 Å². The van der Waals surface area contributed by atoms with Crippen LogP contribution in [0.15, 0.2) is 18.2 Å². The van der Waals surface area contributed by atoms with Crippen molar-refractivity contribution in [3.8, 4) is 0 Å². The van der Waals surface area contributed by atoms with Gasteiger partial charge in [0.15, 0.2) is 0 Å². The van der Waals surface area contributed by atoms with Gasteiger partial charge in [-0.2, -0.15) is 0 Å². The Labute approximate surface area is 110 Å². The number of carbonyl (C=O) groups is 1. The average molecular weight is 260 g/mol. The fourth-order valence-electron chi connectivity index (χ4n) is 2.65. The van der Waals surface area contributed by atoms with Crippen molar-refractivity contribution in [3.63, 3.8) is 0 Å². The summed E-state index contributed by atoms with van der Waals surface area (Å²) in [5, 5.41) is 8.85. The van der Waals surface area contributed by atoms with Gasteiger partial charge >= 0.3 is 5.97 Å². The Morgan fingerprint density at radius 1 is 1.58 bits per heavy atom. The maximum Gasteiger partial charge on any atom is 0.303 e. The summed E-state index contributed by atoms with van der Waals surface area (Å²) in [6.45, 7) is 2.61. The third kappa shape index (κ3) is 2.10. The molecule has 1 aromatic carbocycles. The molecule has 0 bridgehead atoms. The van der Waals surface area contributed by atoms with Gasteiger partial charge in [0.1, 0.15) is 5.82 Å². The van der Waals surface area contributed by atoms with Crippen molar-refractivity contribution in [1.82, 2.24) is 9.97 Å². The van der Waals surface area contributed by atoms with Crippen LogP contribution in [0.1, 0.15) is 30.7 Å². The van der Waals surface area contributed by atoms with Crippen molar-refractivity contribution in [2.75, 3.05) is 6.61 Å². The minimum Gasteiger partial charge on any atom is -0.481 e. The number of nitrogens with zero attached hydrogens (tertiary/aromatic N) is 1. The van der Waals surface area contributed by atoms with E-state index in [9.17, 15) is 4.79 Å². The lowest BCUT2D eigenvalue weighted by Crippen LogP contribution is -2.41. The molecule has 0 spiro atoms. The molecular formula is C14H16N2O3. The number of ether oxygens (including phenoxy) is 1. The minimum atomic E-state index is -0.784. The van der Waals surface area contributed by atoms with Crippen LogP contribution >= 0.6 is 0 Å². The number of nitrogens with one attached hydrogen (secondary N) is 1. The Morgan fingerprint density at radius 2 is 2.37 bits per heavy atom. The van der Waals surface area contributed by atoms with Gasteiger partial charge in [0.25, 0.3) is 0 Å². The summed E-state index contributed by atoms with van der Waals surface area (Å²) in [4.78, 5) is 18.3. The number of carboxylic acids is 1. The van der Waals surface area contributed by atoms with Crippen LogP contribution in [-0.4, -0.2) is 27.7 Å². The van der Waals surface area contributed by atoms with Crippen LogP contribution in [0.3, 0.4) is 0 Å². The first-order valence-electron chi connectivity index (χ1n) is 6.42. The normalized spacial score (nSPS) is 22.4. The van der Waals surface area contributed by atoms with Gasteiger partial charge in [0.2, 0.25) is 0 Å². The van der Waals surface area contributed by atoms with Crippen LogP contribution in [0, 0.1) is 6.92 Å². The molecule has 1 aliphatic rings. The maximum absolute atomic E-state index is 10.8. The third-order valence-electron chi connectivity index (χ3n) is 3.75. The molecule has 1 fully saturated rings. The molecule has 0 amide bonds. The van der Waals surface area contributed by atoms with Gasteiger partial charge in [0, 0.05) is 12.8 Å². The molecule has 1 atom stereocenters. The molecule has 1 aliphatic heterocycles. The molecule has 2 heterocycles. The Bertz CT molecular complexity index is 629. The highest BCUT2D eigenvalue weighted by molar-refractivity contribution is 5.76. The molecule has 1 unspecified atom stereocenters. The van der Waals surface area contributed by atoms with Crippen molar-refractivity contribution in [3.05, 3.63) is 29.6 Å². The van der Waals surface area contributed by atoms with Crippen LogP contribution in [0.25, 0.3) is 11.0 Å². The first kappa shape index (κ1) is 12.2. The van der Waals surface area contributed by atoms with Gasteiger partial charge in [-0.3, -0.25) is 4.79 Å². The molecule has 3 rings (SSSR count). The van der Waals surface area contributed by atoms with Gasteiger partial charge < -0.3 is 14.8 Å². The maximum atomic E-state index is 10.8. The molecule has 2 aromatic rings. The Hall–Kier alpha value is -1.88. The van der Waals surface area contributed by atoms with E-state index < -0.39 is 11.6 Å². The Kier molecular flexibility index (Phi) is 2.78. The van der Waals surface area contributed by atoms with Gasteiger partial charge in [0.05, 0.1) is 23.2 Å². The van der Waals surface area contributed by atoms with E-state index in [0.29, 0.717) is 13.0 Å². The highest BCUT2D eigenvalue weighted by Gasteiger charge is 2.40. The number of rotatable bonds is 4. The fourth-order valence-corrected chi connectivity index (χ4v) is 2.65. The third-order valence-corrected chi connectivity index (χ3v) is 3.75. The highest BCUT2D eigenvalue weighted by atomic mass is 16.5. The minimum absolute atomic E-state index is 0.125. The number of hydrogen-bond donors (Lipinski definition) is 2. The number of aryl methyl sites for hydroxylation is 1. The van der Waals surface area contributed by atoms with Crippen molar-refractivity contribution >= 4 is 17.0 Å². The second-order valence-electron chi connectivity index (χ2n) is 5.04. The van der Waals surface area contributed by atoms with E-state index >= 15 is 0 Å². The van der Waals surface area contributed by atoms with Crippen molar-refractivity contribution in [1.29, 1.82) is 0 Å². The molecule has 1 saturated heterocycles. The number of benzene rings is 1. The summed E-state index contributed by atoms with van der Waals surface area (Å²) in [5.41, 5.74) is 2.51. The molecule has 100 valence electrons. The second-order valence-corrected chi connectivity index (χ2v) is 5.04. The number of imidazole rings is 1. The summed E-state index contributed by atoms with van der Waals surface area (Å²) in [7, 11) is 0. The van der Waals surface area contributed by atoms with E-state index in [1.807, 2.05) is 25.1 Å². The molecule has 1 aromatic heterocycles. The van der Waals surface area contributed by atoms with Crippen LogP contribution in [0.5, 0.6) is 0 Å². The van der Waals surface area contributed by atoms with E-state index in [1.54, 1.807) is 0 Å². The summed E-state index contributed by atoms with van der Waals surface area (Å²) in [5.74, 6) is 0.0922. The zero-order valence-electron chi connectivity index (χ0n) is 10.8. The molecule has 5 heteroatoms. The molecule has 0 aliphatic carbocycles. The van der Waals surface area contributed by atoms with E-state index in [2.05, 4.69) is 9.97 Å².